The second-order valence-corrected chi connectivity index (χ2v) is 6.90. The summed E-state index contributed by atoms with van der Waals surface area (Å²) in [5.74, 6) is -0.250. The summed E-state index contributed by atoms with van der Waals surface area (Å²) in [6.45, 7) is -1.13. The van der Waals surface area contributed by atoms with E-state index < -0.39 is 6.85 Å². The Morgan fingerprint density at radius 3 is 3.04 bits per heavy atom. The van der Waals surface area contributed by atoms with Crippen LogP contribution in [0.2, 0.25) is 0 Å². The van der Waals surface area contributed by atoms with Crippen LogP contribution in [0.3, 0.4) is 0 Å². The molecule has 0 unspecified atom stereocenters. The molecule has 0 spiro atoms. The molecule has 25 heavy (non-hydrogen) atoms. The summed E-state index contributed by atoms with van der Waals surface area (Å²) in [5, 5.41) is 4.18. The summed E-state index contributed by atoms with van der Waals surface area (Å²) in [4.78, 5) is 25.6. The lowest BCUT2D eigenvalue weighted by atomic mass is 10.00. The van der Waals surface area contributed by atoms with Crippen molar-refractivity contribution in [1.82, 2.24) is 15.0 Å². The van der Waals surface area contributed by atoms with Gasteiger partial charge in [0.15, 0.2) is 5.13 Å². The highest BCUT2D eigenvalue weighted by atomic mass is 32.1. The fourth-order valence-corrected chi connectivity index (χ4v) is 3.62. The molecule has 6 nitrogen and oxygen atoms in total. The molecule has 7 heteroatoms. The fraction of sp³-hybridized carbons (Fsp3) is 0.333. The van der Waals surface area contributed by atoms with Crippen LogP contribution in [0.1, 0.15) is 22.8 Å². The predicted molar refractivity (Wildman–Crippen MR) is 97.6 cm³/mol. The molecular weight excluding hydrogens is 336 g/mol. The Morgan fingerprint density at radius 2 is 2.20 bits per heavy atom. The Kier molecular flexibility index (Phi) is 3.54. The van der Waals surface area contributed by atoms with E-state index in [1.807, 2.05) is 18.2 Å². The minimum absolute atomic E-state index is 0.0298. The summed E-state index contributed by atoms with van der Waals surface area (Å²) >= 11 is 1.37. The summed E-state index contributed by atoms with van der Waals surface area (Å²) in [7, 11) is 0. The first-order valence-corrected chi connectivity index (χ1v) is 8.84. The number of amides is 1. The summed E-state index contributed by atoms with van der Waals surface area (Å²) in [5.41, 5.74) is 1.41. The number of hydrogen-bond donors (Lipinski definition) is 1. The minimum Gasteiger partial charge on any atom is -0.381 e. The predicted octanol–water partition coefficient (Wildman–Crippen LogP) is 3.43. The lowest BCUT2D eigenvalue weighted by Crippen LogP contribution is -2.28. The maximum Gasteiger partial charge on any atom is 0.229 e. The average Bonchev–Trinajstić information content (AvgIpc) is 3.15. The van der Waals surface area contributed by atoms with Gasteiger partial charge in [-0.15, -0.1) is 0 Å². The zero-order chi connectivity index (χ0) is 19.7. The van der Waals surface area contributed by atoms with Crippen LogP contribution >= 0.6 is 11.3 Å². The van der Waals surface area contributed by atoms with Crippen LogP contribution in [-0.2, 0) is 9.53 Å². The van der Waals surface area contributed by atoms with E-state index in [1.165, 1.54) is 17.5 Å². The number of thiazole rings is 1. The third-order valence-electron chi connectivity index (χ3n) is 4.20. The van der Waals surface area contributed by atoms with Gasteiger partial charge in [0.2, 0.25) is 5.91 Å². The van der Waals surface area contributed by atoms with Gasteiger partial charge in [0.05, 0.1) is 10.4 Å². The summed E-state index contributed by atoms with van der Waals surface area (Å²) < 4.78 is 27.7. The third kappa shape index (κ3) is 3.52. The molecule has 0 saturated carbocycles. The number of anilines is 1. The monoisotopic (exact) mass is 357 g/mol. The molecule has 0 atom stereocenters. The van der Waals surface area contributed by atoms with Crippen LogP contribution in [0.5, 0.6) is 0 Å². The molecule has 1 aromatic carbocycles. The van der Waals surface area contributed by atoms with E-state index in [0.717, 1.165) is 28.7 Å². The van der Waals surface area contributed by atoms with E-state index in [4.69, 9.17) is 8.85 Å². The highest BCUT2D eigenvalue weighted by Crippen LogP contribution is 2.31. The van der Waals surface area contributed by atoms with Gasteiger partial charge in [0.1, 0.15) is 5.82 Å². The third-order valence-corrected chi connectivity index (χ3v) is 5.16. The molecule has 4 rings (SSSR count). The van der Waals surface area contributed by atoms with Gasteiger partial charge in [-0.2, -0.15) is 0 Å². The standard InChI is InChI=1S/C18H18N4O2S/c1-11-19-9-14-3-2-13(8-15(14)21-11)16-10-20-18(25-16)22-17(23)12-4-6-24-7-5-12/h2-3,8-10,12H,4-7H2,1H3,(H,20,22,23)/i1D3. The molecule has 1 N–H and O–H groups in total. The van der Waals surface area contributed by atoms with Gasteiger partial charge in [-0.1, -0.05) is 23.5 Å². The van der Waals surface area contributed by atoms with E-state index in [2.05, 4.69) is 20.3 Å². The van der Waals surface area contributed by atoms with Gasteiger partial charge in [-0.3, -0.25) is 4.79 Å². The zero-order valence-electron chi connectivity index (χ0n) is 16.4. The number of hydrogen-bond acceptors (Lipinski definition) is 6. The summed E-state index contributed by atoms with van der Waals surface area (Å²) in [6, 6.07) is 5.55. The number of rotatable bonds is 3. The second-order valence-electron chi connectivity index (χ2n) is 5.87. The van der Waals surface area contributed by atoms with Gasteiger partial charge in [0.25, 0.3) is 0 Å². The Hall–Kier alpha value is -2.38. The molecule has 1 aliphatic heterocycles. The van der Waals surface area contributed by atoms with Crippen molar-refractivity contribution >= 4 is 33.3 Å². The largest absolute Gasteiger partial charge is 0.381 e. The molecule has 2 aromatic heterocycles. The molecule has 0 radical (unpaired) electrons. The van der Waals surface area contributed by atoms with E-state index >= 15 is 0 Å². The lowest BCUT2D eigenvalue weighted by Gasteiger charge is -2.20. The molecule has 128 valence electrons. The molecule has 3 aromatic rings. The van der Waals surface area contributed by atoms with Crippen molar-refractivity contribution in [3.05, 3.63) is 36.4 Å². The van der Waals surface area contributed by atoms with E-state index in [0.29, 0.717) is 23.9 Å². The number of ether oxygens (including phenoxy) is 1. The first-order valence-electron chi connectivity index (χ1n) is 9.52. The number of aryl methyl sites for hydroxylation is 1. The first kappa shape index (κ1) is 12.9. The number of carbonyl (C=O) groups excluding carboxylic acids is 1. The number of carbonyl (C=O) groups is 1. The van der Waals surface area contributed by atoms with Crippen molar-refractivity contribution in [3.8, 4) is 10.4 Å². The Bertz CT molecular complexity index is 1020. The SMILES string of the molecule is [2H]C([2H])([2H])c1ncc2ccc(-c3cnc(NC(=O)C4CCOCC4)s3)cc2n1. The van der Waals surface area contributed by atoms with Gasteiger partial charge in [-0.25, -0.2) is 15.0 Å². The van der Waals surface area contributed by atoms with Crippen LogP contribution in [-0.4, -0.2) is 34.1 Å². The normalized spacial score (nSPS) is 17.7. The van der Waals surface area contributed by atoms with Crippen LogP contribution in [0, 0.1) is 12.8 Å². The van der Waals surface area contributed by atoms with E-state index in [-0.39, 0.29) is 17.6 Å². The number of fused-ring (bicyclic) bond motifs is 1. The Labute approximate surface area is 153 Å². The number of nitrogens with zero attached hydrogens (tertiary/aromatic N) is 3. The first-order chi connectivity index (χ1) is 13.4. The smallest absolute Gasteiger partial charge is 0.229 e. The topological polar surface area (TPSA) is 77.0 Å². The van der Waals surface area contributed by atoms with Crippen LogP contribution in [0.15, 0.2) is 30.6 Å². The second kappa shape index (κ2) is 6.85. The zero-order valence-corrected chi connectivity index (χ0v) is 14.2. The molecule has 1 saturated heterocycles. The van der Waals surface area contributed by atoms with Crippen molar-refractivity contribution in [3.63, 3.8) is 0 Å². The van der Waals surface area contributed by atoms with E-state index in [9.17, 15) is 4.79 Å². The van der Waals surface area contributed by atoms with Gasteiger partial charge in [0, 0.05) is 41.0 Å². The van der Waals surface area contributed by atoms with Gasteiger partial charge < -0.3 is 10.1 Å². The lowest BCUT2D eigenvalue weighted by molar-refractivity contribution is -0.122. The van der Waals surface area contributed by atoms with Crippen LogP contribution in [0.4, 0.5) is 5.13 Å². The van der Waals surface area contributed by atoms with Crippen molar-refractivity contribution in [2.45, 2.75) is 19.7 Å². The van der Waals surface area contributed by atoms with E-state index in [1.54, 1.807) is 6.20 Å². The number of benzene rings is 1. The molecule has 1 aliphatic rings. The molecule has 0 aliphatic carbocycles. The highest BCUT2D eigenvalue weighted by molar-refractivity contribution is 7.19. The highest BCUT2D eigenvalue weighted by Gasteiger charge is 2.22. The maximum absolute atomic E-state index is 12.3. The van der Waals surface area contributed by atoms with Crippen LogP contribution in [0.25, 0.3) is 21.3 Å². The quantitative estimate of drug-likeness (QED) is 0.777. The van der Waals surface area contributed by atoms with Gasteiger partial charge >= 0.3 is 0 Å². The summed E-state index contributed by atoms with van der Waals surface area (Å²) in [6.07, 6.45) is 4.65. The maximum atomic E-state index is 12.3. The van der Waals surface area contributed by atoms with Crippen LogP contribution < -0.4 is 5.32 Å². The molecular formula is C18H18N4O2S. The molecule has 1 amide bonds. The Balaban J connectivity index is 1.55. The molecule has 1 fully saturated rings. The van der Waals surface area contributed by atoms with Crippen molar-refractivity contribution in [1.29, 1.82) is 0 Å². The van der Waals surface area contributed by atoms with Crippen molar-refractivity contribution < 1.29 is 13.6 Å². The van der Waals surface area contributed by atoms with Crippen molar-refractivity contribution in [2.75, 3.05) is 18.5 Å². The van der Waals surface area contributed by atoms with Crippen molar-refractivity contribution in [2.24, 2.45) is 5.92 Å². The fourth-order valence-electron chi connectivity index (χ4n) is 2.81. The number of nitrogens with one attached hydrogen (secondary N) is 1. The van der Waals surface area contributed by atoms with Gasteiger partial charge in [-0.05, 0) is 31.3 Å². The molecule has 0 bridgehead atoms. The molecule has 3 heterocycles. The Morgan fingerprint density at radius 1 is 1.32 bits per heavy atom. The number of aromatic nitrogens is 3. The minimum atomic E-state index is -2.35. The average molecular weight is 357 g/mol.